The molecule has 0 aliphatic carbocycles. The van der Waals surface area contributed by atoms with Crippen LogP contribution in [-0.2, 0) is 16.1 Å². The monoisotopic (exact) mass is 352 g/mol. The normalized spacial score (nSPS) is 14.1. The van der Waals surface area contributed by atoms with E-state index < -0.39 is 30.2 Å². The molecule has 1 aliphatic heterocycles. The van der Waals surface area contributed by atoms with Gasteiger partial charge >= 0.3 is 17.8 Å². The van der Waals surface area contributed by atoms with Gasteiger partial charge in [0.1, 0.15) is 5.75 Å². The topological polar surface area (TPSA) is 84.0 Å². The van der Waals surface area contributed by atoms with Gasteiger partial charge in [-0.25, -0.2) is 9.69 Å². The van der Waals surface area contributed by atoms with Gasteiger partial charge in [0.05, 0.1) is 20.2 Å². The Kier molecular flexibility index (Phi) is 4.79. The van der Waals surface area contributed by atoms with Crippen molar-refractivity contribution in [1.29, 1.82) is 0 Å². The van der Waals surface area contributed by atoms with Crippen molar-refractivity contribution in [2.45, 2.75) is 6.54 Å². The molecule has 2 aromatic rings. The van der Waals surface area contributed by atoms with Crippen LogP contribution in [0.25, 0.3) is 0 Å². The molecule has 132 valence electrons. The quantitative estimate of drug-likeness (QED) is 0.450. The average Bonchev–Trinajstić information content (AvgIpc) is 2.87. The molecule has 1 saturated heterocycles. The Morgan fingerprint density at radius 3 is 2.12 bits per heavy atom. The van der Waals surface area contributed by atoms with Crippen LogP contribution in [0.1, 0.15) is 15.9 Å². The molecule has 0 aromatic heterocycles. The van der Waals surface area contributed by atoms with E-state index in [1.165, 1.54) is 19.2 Å². The van der Waals surface area contributed by atoms with Crippen LogP contribution in [0.3, 0.4) is 0 Å². The van der Waals surface area contributed by atoms with Gasteiger partial charge in [0, 0.05) is 5.56 Å². The number of ketones is 1. The lowest BCUT2D eigenvalue weighted by atomic mass is 10.1. The summed E-state index contributed by atoms with van der Waals surface area (Å²) in [6.45, 7) is -0.501. The summed E-state index contributed by atoms with van der Waals surface area (Å²) in [5.41, 5.74) is 1.03. The summed E-state index contributed by atoms with van der Waals surface area (Å²) in [7, 11) is 1.51. The van der Waals surface area contributed by atoms with Crippen molar-refractivity contribution in [2.75, 3.05) is 13.7 Å². The first kappa shape index (κ1) is 17.3. The smallest absolute Gasteiger partial charge is 0.334 e. The van der Waals surface area contributed by atoms with Crippen LogP contribution in [0, 0.1) is 0 Å². The largest absolute Gasteiger partial charge is 0.497 e. The molecular weight excluding hydrogens is 336 g/mol. The highest BCUT2D eigenvalue weighted by Crippen LogP contribution is 2.18. The summed E-state index contributed by atoms with van der Waals surface area (Å²) in [5.74, 6) is -1.78. The highest BCUT2D eigenvalue weighted by atomic mass is 16.5. The Bertz CT molecular complexity index is 861. The lowest BCUT2D eigenvalue weighted by molar-refractivity contribution is -0.143. The van der Waals surface area contributed by atoms with Gasteiger partial charge in [-0.15, -0.1) is 0 Å². The number of hydrogen-bond acceptors (Lipinski definition) is 5. The van der Waals surface area contributed by atoms with E-state index in [1.54, 1.807) is 36.4 Å². The number of carbonyl (C=O) groups is 4. The second-order valence-electron chi connectivity index (χ2n) is 5.70. The van der Waals surface area contributed by atoms with Gasteiger partial charge in [-0.1, -0.05) is 30.3 Å². The number of ether oxygens (including phenoxy) is 1. The highest BCUT2D eigenvalue weighted by molar-refractivity contribution is 6.45. The summed E-state index contributed by atoms with van der Waals surface area (Å²) in [6, 6.07) is 14.3. The van der Waals surface area contributed by atoms with Gasteiger partial charge in [0.25, 0.3) is 0 Å². The summed E-state index contributed by atoms with van der Waals surface area (Å²) < 4.78 is 5.02. The number of rotatable bonds is 6. The summed E-state index contributed by atoms with van der Waals surface area (Å²) in [6.07, 6.45) is 0. The van der Waals surface area contributed by atoms with E-state index in [2.05, 4.69) is 0 Å². The minimum Gasteiger partial charge on any atom is -0.497 e. The molecule has 0 atom stereocenters. The molecule has 7 nitrogen and oxygen atoms in total. The molecule has 0 radical (unpaired) electrons. The van der Waals surface area contributed by atoms with Crippen LogP contribution >= 0.6 is 0 Å². The van der Waals surface area contributed by atoms with E-state index in [9.17, 15) is 19.2 Å². The third-order valence-corrected chi connectivity index (χ3v) is 4.03. The molecule has 3 rings (SSSR count). The number of imide groups is 2. The maximum absolute atomic E-state index is 12.4. The Balaban J connectivity index is 1.73. The second kappa shape index (κ2) is 7.18. The van der Waals surface area contributed by atoms with Gasteiger partial charge in [0.15, 0.2) is 5.78 Å². The molecule has 0 spiro atoms. The fourth-order valence-electron chi connectivity index (χ4n) is 2.61. The number of urea groups is 1. The lowest BCUT2D eigenvalue weighted by Crippen LogP contribution is -2.36. The molecule has 4 amide bonds. The molecule has 1 heterocycles. The first-order chi connectivity index (χ1) is 12.5. The Hall–Kier alpha value is -3.48. The summed E-state index contributed by atoms with van der Waals surface area (Å²) >= 11 is 0. The number of amides is 4. The molecule has 1 fully saturated rings. The molecule has 2 aromatic carbocycles. The fraction of sp³-hybridized carbons (Fsp3) is 0.158. The second-order valence-corrected chi connectivity index (χ2v) is 5.70. The summed E-state index contributed by atoms with van der Waals surface area (Å²) in [4.78, 5) is 50.6. The standard InChI is InChI=1S/C19H16N2O5/c1-26-15-9-7-14(8-10-15)16(22)12-21-18(24)17(23)20(19(21)25)11-13-5-3-2-4-6-13/h2-10H,11-12H2,1H3. The minimum absolute atomic E-state index is 0.0164. The van der Waals surface area contributed by atoms with Crippen molar-refractivity contribution in [2.24, 2.45) is 0 Å². The van der Waals surface area contributed by atoms with Crippen LogP contribution in [-0.4, -0.2) is 47.1 Å². The van der Waals surface area contributed by atoms with Crippen LogP contribution in [0.5, 0.6) is 5.75 Å². The van der Waals surface area contributed by atoms with Gasteiger partial charge in [-0.2, -0.15) is 0 Å². The Morgan fingerprint density at radius 2 is 1.50 bits per heavy atom. The number of Topliss-reactive ketones (excluding diaryl/α,β-unsaturated/α-hetero) is 1. The van der Waals surface area contributed by atoms with E-state index >= 15 is 0 Å². The van der Waals surface area contributed by atoms with Crippen LogP contribution in [0.2, 0.25) is 0 Å². The van der Waals surface area contributed by atoms with Crippen LogP contribution in [0.15, 0.2) is 54.6 Å². The SMILES string of the molecule is COc1ccc(C(=O)CN2C(=O)C(=O)N(Cc3ccccc3)C2=O)cc1. The van der Waals surface area contributed by atoms with Gasteiger partial charge < -0.3 is 4.74 Å². The highest BCUT2D eigenvalue weighted by Gasteiger charge is 2.45. The molecule has 0 unspecified atom stereocenters. The zero-order chi connectivity index (χ0) is 18.7. The van der Waals surface area contributed by atoms with Crippen molar-refractivity contribution < 1.29 is 23.9 Å². The maximum Gasteiger partial charge on any atom is 0.334 e. The first-order valence-corrected chi connectivity index (χ1v) is 7.89. The van der Waals surface area contributed by atoms with Crippen molar-refractivity contribution in [1.82, 2.24) is 9.80 Å². The van der Waals surface area contributed by atoms with E-state index in [0.29, 0.717) is 21.8 Å². The molecule has 1 aliphatic rings. The lowest BCUT2D eigenvalue weighted by Gasteiger charge is -2.15. The van der Waals surface area contributed by atoms with Crippen molar-refractivity contribution in [3.63, 3.8) is 0 Å². The van der Waals surface area contributed by atoms with E-state index in [0.717, 1.165) is 4.90 Å². The molecular formula is C19H16N2O5. The third-order valence-electron chi connectivity index (χ3n) is 4.03. The van der Waals surface area contributed by atoms with Gasteiger partial charge in [0.2, 0.25) is 0 Å². The molecule has 7 heteroatoms. The van der Waals surface area contributed by atoms with Gasteiger partial charge in [-0.3, -0.25) is 19.3 Å². The van der Waals surface area contributed by atoms with Crippen LogP contribution in [0.4, 0.5) is 4.79 Å². The number of nitrogens with zero attached hydrogens (tertiary/aromatic N) is 2. The minimum atomic E-state index is -0.993. The molecule has 0 N–H and O–H groups in total. The van der Waals surface area contributed by atoms with Crippen molar-refractivity contribution in [3.8, 4) is 5.75 Å². The van der Waals surface area contributed by atoms with Crippen LogP contribution < -0.4 is 4.74 Å². The summed E-state index contributed by atoms with van der Waals surface area (Å²) in [5, 5.41) is 0. The maximum atomic E-state index is 12.4. The Labute approximate surface area is 149 Å². The zero-order valence-corrected chi connectivity index (χ0v) is 14.0. The van der Waals surface area contributed by atoms with Gasteiger partial charge in [-0.05, 0) is 29.8 Å². The van der Waals surface area contributed by atoms with E-state index in [-0.39, 0.29) is 6.54 Å². The number of benzene rings is 2. The first-order valence-electron chi connectivity index (χ1n) is 7.89. The van der Waals surface area contributed by atoms with Crippen molar-refractivity contribution >= 4 is 23.6 Å². The Morgan fingerprint density at radius 1 is 0.885 bits per heavy atom. The third kappa shape index (κ3) is 3.32. The predicted molar refractivity (Wildman–Crippen MR) is 91.4 cm³/mol. The zero-order valence-electron chi connectivity index (χ0n) is 14.0. The molecule has 26 heavy (non-hydrogen) atoms. The van der Waals surface area contributed by atoms with E-state index in [4.69, 9.17) is 4.74 Å². The van der Waals surface area contributed by atoms with E-state index in [1.807, 2.05) is 6.07 Å². The molecule has 0 bridgehead atoms. The fourth-order valence-corrected chi connectivity index (χ4v) is 2.61. The number of methoxy groups -OCH3 is 1. The van der Waals surface area contributed by atoms with Crippen molar-refractivity contribution in [3.05, 3.63) is 65.7 Å². The average molecular weight is 352 g/mol. The predicted octanol–water partition coefficient (Wildman–Crippen LogP) is 1.87. The molecule has 0 saturated carbocycles. The number of carbonyl (C=O) groups excluding carboxylic acids is 4. The number of hydrogen-bond donors (Lipinski definition) is 0.